The zero-order valence-electron chi connectivity index (χ0n) is 22.6. The van der Waals surface area contributed by atoms with Crippen molar-refractivity contribution in [3.63, 3.8) is 0 Å². The first-order valence-electron chi connectivity index (χ1n) is 12.5. The van der Waals surface area contributed by atoms with Crippen LogP contribution in [0.3, 0.4) is 0 Å². The highest BCUT2D eigenvalue weighted by Crippen LogP contribution is 2.37. The Morgan fingerprint density at radius 3 is 2.43 bits per heavy atom. The number of amides is 1. The van der Waals surface area contributed by atoms with Crippen LogP contribution in [0.15, 0.2) is 99.4 Å². The first-order valence-corrected chi connectivity index (χ1v) is 15.1. The molecule has 1 N–H and O–H groups in total. The third kappa shape index (κ3) is 7.67. The van der Waals surface area contributed by atoms with Gasteiger partial charge >= 0.3 is 0 Å². The fourth-order valence-electron chi connectivity index (χ4n) is 3.82. The average molecular weight is 675 g/mol. The second kappa shape index (κ2) is 13.8. The number of hydrogen-bond donors (Lipinski definition) is 1. The Kier molecular flexibility index (Phi) is 10.2. The SMILES string of the molecule is COc1cc(/C=N/NC(=O)CN(c2ccc(F)cc2)S(=O)(=O)c2ccc(C)cc2)cc(Br)c1OCc1ccccc1Cl. The van der Waals surface area contributed by atoms with E-state index in [-0.39, 0.29) is 17.2 Å². The molecule has 0 radical (unpaired) electrons. The van der Waals surface area contributed by atoms with Crippen LogP contribution in [0.4, 0.5) is 10.1 Å². The maximum Gasteiger partial charge on any atom is 0.264 e. The van der Waals surface area contributed by atoms with Crippen molar-refractivity contribution in [2.75, 3.05) is 18.0 Å². The Hall–Kier alpha value is -3.93. The molecule has 8 nitrogen and oxygen atoms in total. The van der Waals surface area contributed by atoms with E-state index in [2.05, 4.69) is 26.5 Å². The Morgan fingerprint density at radius 2 is 1.76 bits per heavy atom. The number of ether oxygens (including phenoxy) is 2. The van der Waals surface area contributed by atoms with Crippen LogP contribution in [0.1, 0.15) is 16.7 Å². The summed E-state index contributed by atoms with van der Waals surface area (Å²) in [7, 11) is -2.66. The lowest BCUT2D eigenvalue weighted by atomic mass is 10.2. The number of hydrogen-bond acceptors (Lipinski definition) is 6. The van der Waals surface area contributed by atoms with Crippen LogP contribution in [0, 0.1) is 12.7 Å². The predicted molar refractivity (Wildman–Crippen MR) is 164 cm³/mol. The Labute approximate surface area is 256 Å². The van der Waals surface area contributed by atoms with E-state index in [1.54, 1.807) is 30.3 Å². The van der Waals surface area contributed by atoms with Gasteiger partial charge in [0.15, 0.2) is 11.5 Å². The Balaban J connectivity index is 1.49. The molecule has 0 aliphatic rings. The monoisotopic (exact) mass is 673 g/mol. The van der Waals surface area contributed by atoms with Crippen molar-refractivity contribution in [3.8, 4) is 11.5 Å². The number of sulfonamides is 1. The van der Waals surface area contributed by atoms with E-state index in [0.29, 0.717) is 26.6 Å². The van der Waals surface area contributed by atoms with E-state index in [9.17, 15) is 17.6 Å². The van der Waals surface area contributed by atoms with Gasteiger partial charge in [0.05, 0.1) is 28.4 Å². The summed E-state index contributed by atoms with van der Waals surface area (Å²) in [6, 6.07) is 21.7. The van der Waals surface area contributed by atoms with Gasteiger partial charge in [-0.05, 0) is 83.0 Å². The number of benzene rings is 4. The predicted octanol–water partition coefficient (Wildman–Crippen LogP) is 6.48. The zero-order chi connectivity index (χ0) is 30.3. The second-order valence-electron chi connectivity index (χ2n) is 9.01. The molecule has 0 fully saturated rings. The van der Waals surface area contributed by atoms with E-state index in [0.717, 1.165) is 27.6 Å². The number of hydrazone groups is 1. The molecule has 0 aliphatic heterocycles. The van der Waals surface area contributed by atoms with Gasteiger partial charge in [-0.3, -0.25) is 9.10 Å². The summed E-state index contributed by atoms with van der Waals surface area (Å²) in [5.41, 5.74) is 4.71. The van der Waals surface area contributed by atoms with Gasteiger partial charge in [0.2, 0.25) is 0 Å². The molecule has 0 aliphatic carbocycles. The standard InChI is InChI=1S/C30H26BrClFN3O5S/c1-20-7-13-25(14-8-20)42(38,39)36(24-11-9-23(33)10-12-24)18-29(37)35-34-17-21-15-26(31)30(28(16-21)40-2)41-19-22-5-3-4-6-27(22)32/h3-17H,18-19H2,1-2H3,(H,35,37)/b34-17+. The van der Waals surface area contributed by atoms with Crippen molar-refractivity contribution < 1.29 is 27.1 Å². The molecule has 0 saturated heterocycles. The maximum atomic E-state index is 13.6. The summed E-state index contributed by atoms with van der Waals surface area (Å²) in [6.45, 7) is 1.45. The van der Waals surface area contributed by atoms with E-state index in [1.165, 1.54) is 37.6 Å². The first-order chi connectivity index (χ1) is 20.1. The number of methoxy groups -OCH3 is 1. The highest BCUT2D eigenvalue weighted by Gasteiger charge is 2.27. The number of anilines is 1. The molecule has 0 atom stereocenters. The largest absolute Gasteiger partial charge is 0.493 e. The smallest absolute Gasteiger partial charge is 0.264 e. The summed E-state index contributed by atoms with van der Waals surface area (Å²) in [4.78, 5) is 12.8. The highest BCUT2D eigenvalue weighted by molar-refractivity contribution is 9.10. The molecule has 4 rings (SSSR count). The number of nitrogens with one attached hydrogen (secondary N) is 1. The van der Waals surface area contributed by atoms with Crippen molar-refractivity contribution in [2.24, 2.45) is 5.10 Å². The summed E-state index contributed by atoms with van der Waals surface area (Å²) in [6.07, 6.45) is 1.37. The molecule has 4 aromatic carbocycles. The maximum absolute atomic E-state index is 13.6. The summed E-state index contributed by atoms with van der Waals surface area (Å²) in [5, 5.41) is 4.56. The number of nitrogens with zero attached hydrogens (tertiary/aromatic N) is 2. The molecular weight excluding hydrogens is 649 g/mol. The van der Waals surface area contributed by atoms with Gasteiger partial charge < -0.3 is 9.47 Å². The van der Waals surface area contributed by atoms with Gasteiger partial charge in [0.1, 0.15) is 19.0 Å². The lowest BCUT2D eigenvalue weighted by molar-refractivity contribution is -0.119. The average Bonchev–Trinajstić information content (AvgIpc) is 2.96. The minimum absolute atomic E-state index is 0.0116. The number of halogens is 3. The zero-order valence-corrected chi connectivity index (χ0v) is 25.7. The van der Waals surface area contributed by atoms with Crippen molar-refractivity contribution in [1.82, 2.24) is 5.43 Å². The quantitative estimate of drug-likeness (QED) is 0.145. The molecule has 12 heteroatoms. The van der Waals surface area contributed by atoms with E-state index in [4.69, 9.17) is 21.1 Å². The molecule has 0 bridgehead atoms. The van der Waals surface area contributed by atoms with Crippen LogP contribution in [0.5, 0.6) is 11.5 Å². The number of aryl methyl sites for hydroxylation is 1. The van der Waals surface area contributed by atoms with Gasteiger partial charge in [-0.25, -0.2) is 18.2 Å². The van der Waals surface area contributed by atoms with Crippen LogP contribution >= 0.6 is 27.5 Å². The van der Waals surface area contributed by atoms with Gasteiger partial charge in [-0.2, -0.15) is 5.10 Å². The first kappa shape index (κ1) is 31.0. The van der Waals surface area contributed by atoms with Crippen LogP contribution in [0.25, 0.3) is 0 Å². The van der Waals surface area contributed by atoms with Crippen molar-refractivity contribution in [1.29, 1.82) is 0 Å². The minimum Gasteiger partial charge on any atom is -0.493 e. The lowest BCUT2D eigenvalue weighted by Crippen LogP contribution is -2.39. The van der Waals surface area contributed by atoms with Gasteiger partial charge in [0, 0.05) is 10.6 Å². The minimum atomic E-state index is -4.15. The van der Waals surface area contributed by atoms with Crippen LogP contribution in [-0.4, -0.2) is 34.2 Å². The molecule has 0 heterocycles. The van der Waals surface area contributed by atoms with E-state index in [1.807, 2.05) is 25.1 Å². The third-order valence-corrected chi connectivity index (χ3v) is 8.74. The van der Waals surface area contributed by atoms with Crippen molar-refractivity contribution >= 4 is 55.4 Å². The number of rotatable bonds is 11. The van der Waals surface area contributed by atoms with Crippen molar-refractivity contribution in [2.45, 2.75) is 18.4 Å². The Morgan fingerprint density at radius 1 is 1.07 bits per heavy atom. The normalized spacial score (nSPS) is 11.4. The highest BCUT2D eigenvalue weighted by atomic mass is 79.9. The molecule has 0 saturated carbocycles. The third-order valence-electron chi connectivity index (χ3n) is 6.00. The molecule has 0 aromatic heterocycles. The van der Waals surface area contributed by atoms with Crippen LogP contribution < -0.4 is 19.2 Å². The lowest BCUT2D eigenvalue weighted by Gasteiger charge is -2.23. The number of carbonyl (C=O) groups is 1. The fraction of sp³-hybridized carbons (Fsp3) is 0.133. The van der Waals surface area contributed by atoms with Gasteiger partial charge in [-0.1, -0.05) is 47.5 Å². The fourth-order valence-corrected chi connectivity index (χ4v) is 6.01. The molecule has 0 unspecified atom stereocenters. The summed E-state index contributed by atoms with van der Waals surface area (Å²) in [5.74, 6) is -0.384. The van der Waals surface area contributed by atoms with Crippen molar-refractivity contribution in [3.05, 3.63) is 117 Å². The molecule has 1 amide bonds. The van der Waals surface area contributed by atoms with Gasteiger partial charge in [0.25, 0.3) is 15.9 Å². The molecule has 0 spiro atoms. The molecule has 4 aromatic rings. The van der Waals surface area contributed by atoms with Crippen LogP contribution in [-0.2, 0) is 21.4 Å². The second-order valence-corrected chi connectivity index (χ2v) is 12.1. The van der Waals surface area contributed by atoms with Gasteiger partial charge in [-0.15, -0.1) is 0 Å². The molecular formula is C30H26BrClFN3O5S. The van der Waals surface area contributed by atoms with E-state index >= 15 is 0 Å². The summed E-state index contributed by atoms with van der Waals surface area (Å²) < 4.78 is 53.3. The Bertz CT molecular complexity index is 1700. The topological polar surface area (TPSA) is 97.3 Å². The summed E-state index contributed by atoms with van der Waals surface area (Å²) >= 11 is 9.70. The molecule has 42 heavy (non-hydrogen) atoms. The number of carbonyl (C=O) groups excluding carboxylic acids is 1. The molecule has 218 valence electrons. The van der Waals surface area contributed by atoms with E-state index < -0.39 is 28.3 Å². The van der Waals surface area contributed by atoms with Crippen LogP contribution in [0.2, 0.25) is 5.02 Å².